The summed E-state index contributed by atoms with van der Waals surface area (Å²) in [6, 6.07) is 12.3. The number of rotatable bonds is 4. The normalized spacial score (nSPS) is 11.8. The molecule has 0 unspecified atom stereocenters. The first-order chi connectivity index (χ1) is 9.88. The molecule has 0 saturated heterocycles. The summed E-state index contributed by atoms with van der Waals surface area (Å²) >= 11 is 3.41. The third kappa shape index (κ3) is 4.15. The lowest BCUT2D eigenvalue weighted by Crippen LogP contribution is -2.18. The fourth-order valence-corrected chi connectivity index (χ4v) is 3.06. The van der Waals surface area contributed by atoms with Crippen LogP contribution in [0.2, 0.25) is 0 Å². The molecule has 0 aliphatic rings. The Morgan fingerprint density at radius 3 is 2.29 bits per heavy atom. The molecule has 21 heavy (non-hydrogen) atoms. The summed E-state index contributed by atoms with van der Waals surface area (Å²) in [6.07, 6.45) is 1.47. The van der Waals surface area contributed by atoms with Crippen LogP contribution in [0.4, 0.5) is 0 Å². The largest absolute Gasteiger partial charge is 0.276 e. The van der Waals surface area contributed by atoms with Gasteiger partial charge < -0.3 is 0 Å². The van der Waals surface area contributed by atoms with Gasteiger partial charge >= 0.3 is 0 Å². The van der Waals surface area contributed by atoms with Crippen molar-refractivity contribution in [1.29, 1.82) is 0 Å². The van der Waals surface area contributed by atoms with Gasteiger partial charge in [0, 0.05) is 10.0 Å². The number of aryl methyl sites for hydroxylation is 2. The molecule has 0 aromatic heterocycles. The average molecular weight is 367 g/mol. The van der Waals surface area contributed by atoms with E-state index in [2.05, 4.69) is 25.9 Å². The minimum absolute atomic E-state index is 0.188. The number of benzene rings is 2. The molecule has 0 aliphatic carbocycles. The molecule has 110 valence electrons. The van der Waals surface area contributed by atoms with Crippen molar-refractivity contribution < 1.29 is 8.42 Å². The highest BCUT2D eigenvalue weighted by molar-refractivity contribution is 9.10. The quantitative estimate of drug-likeness (QED) is 0.665. The zero-order chi connectivity index (χ0) is 15.5. The standard InChI is InChI=1S/C15H15BrN2O2S/c1-11-4-7-14(8-5-11)21(19,20)18-17-10-13-6-3-12(2)9-15(13)16/h3-10,18H,1-2H3/b17-10-. The van der Waals surface area contributed by atoms with Crippen molar-refractivity contribution in [3.63, 3.8) is 0 Å². The van der Waals surface area contributed by atoms with Crippen LogP contribution in [0.5, 0.6) is 0 Å². The topological polar surface area (TPSA) is 58.5 Å². The van der Waals surface area contributed by atoms with Crippen molar-refractivity contribution in [2.24, 2.45) is 5.10 Å². The molecule has 0 amide bonds. The monoisotopic (exact) mass is 366 g/mol. The number of nitrogens with one attached hydrogen (secondary N) is 1. The van der Waals surface area contributed by atoms with E-state index in [4.69, 9.17) is 0 Å². The van der Waals surface area contributed by atoms with Crippen LogP contribution in [0.1, 0.15) is 16.7 Å². The molecule has 0 aliphatic heterocycles. The Kier molecular flexibility index (Phi) is 4.80. The Morgan fingerprint density at radius 1 is 1.05 bits per heavy atom. The van der Waals surface area contributed by atoms with Crippen LogP contribution in [0.25, 0.3) is 0 Å². The van der Waals surface area contributed by atoms with Crippen molar-refractivity contribution in [3.8, 4) is 0 Å². The molecule has 4 nitrogen and oxygen atoms in total. The number of nitrogens with zero attached hydrogens (tertiary/aromatic N) is 1. The Labute approximate surface area is 133 Å². The predicted octanol–water partition coefficient (Wildman–Crippen LogP) is 3.38. The Balaban J connectivity index is 2.14. The molecule has 0 atom stereocenters. The Morgan fingerprint density at radius 2 is 1.67 bits per heavy atom. The number of halogens is 1. The summed E-state index contributed by atoms with van der Waals surface area (Å²) < 4.78 is 24.9. The molecule has 6 heteroatoms. The van der Waals surface area contributed by atoms with E-state index in [1.54, 1.807) is 24.3 Å². The van der Waals surface area contributed by atoms with Gasteiger partial charge in [-0.2, -0.15) is 13.5 Å². The van der Waals surface area contributed by atoms with Gasteiger partial charge in [0.25, 0.3) is 10.0 Å². The lowest BCUT2D eigenvalue weighted by atomic mass is 10.2. The average Bonchev–Trinajstić information content (AvgIpc) is 2.41. The predicted molar refractivity (Wildman–Crippen MR) is 88.0 cm³/mol. The van der Waals surface area contributed by atoms with Gasteiger partial charge in [0.1, 0.15) is 0 Å². The summed E-state index contributed by atoms with van der Waals surface area (Å²) in [5.74, 6) is 0. The second-order valence-electron chi connectivity index (χ2n) is 4.69. The molecule has 1 N–H and O–H groups in total. The van der Waals surface area contributed by atoms with E-state index in [9.17, 15) is 8.42 Å². The minimum Gasteiger partial charge on any atom is -0.200 e. The number of hydrogen-bond acceptors (Lipinski definition) is 3. The van der Waals surface area contributed by atoms with E-state index in [-0.39, 0.29) is 4.90 Å². The van der Waals surface area contributed by atoms with Gasteiger partial charge in [0.2, 0.25) is 0 Å². The molecular weight excluding hydrogens is 352 g/mol. The van der Waals surface area contributed by atoms with E-state index in [0.29, 0.717) is 0 Å². The third-order valence-corrected chi connectivity index (χ3v) is 4.79. The minimum atomic E-state index is -3.63. The molecule has 0 bridgehead atoms. The van der Waals surface area contributed by atoms with Gasteiger partial charge in [-0.1, -0.05) is 45.8 Å². The zero-order valence-corrected chi connectivity index (χ0v) is 14.1. The highest BCUT2D eigenvalue weighted by Crippen LogP contribution is 2.16. The summed E-state index contributed by atoms with van der Waals surface area (Å²) in [6.45, 7) is 3.88. The third-order valence-electron chi connectivity index (χ3n) is 2.86. The van der Waals surface area contributed by atoms with E-state index in [1.165, 1.54) is 6.21 Å². The van der Waals surface area contributed by atoms with Crippen LogP contribution < -0.4 is 4.83 Å². The van der Waals surface area contributed by atoms with Crippen LogP contribution >= 0.6 is 15.9 Å². The van der Waals surface area contributed by atoms with Crippen LogP contribution in [-0.4, -0.2) is 14.6 Å². The maximum Gasteiger partial charge on any atom is 0.276 e. The lowest BCUT2D eigenvalue weighted by Gasteiger charge is -2.04. The van der Waals surface area contributed by atoms with Gasteiger partial charge in [0.05, 0.1) is 11.1 Å². The maximum atomic E-state index is 12.0. The van der Waals surface area contributed by atoms with E-state index in [0.717, 1.165) is 21.2 Å². The van der Waals surface area contributed by atoms with Crippen molar-refractivity contribution in [3.05, 3.63) is 63.6 Å². The van der Waals surface area contributed by atoms with Crippen LogP contribution in [0.3, 0.4) is 0 Å². The van der Waals surface area contributed by atoms with Gasteiger partial charge in [0.15, 0.2) is 0 Å². The van der Waals surface area contributed by atoms with Gasteiger partial charge in [-0.15, -0.1) is 0 Å². The van der Waals surface area contributed by atoms with E-state index in [1.807, 2.05) is 32.0 Å². The number of sulfonamides is 1. The second-order valence-corrected chi connectivity index (χ2v) is 7.21. The molecular formula is C15H15BrN2O2S. The smallest absolute Gasteiger partial charge is 0.200 e. The fourth-order valence-electron chi connectivity index (χ4n) is 1.67. The molecule has 0 heterocycles. The van der Waals surface area contributed by atoms with Crippen LogP contribution in [-0.2, 0) is 10.0 Å². The van der Waals surface area contributed by atoms with Crippen molar-refractivity contribution in [2.75, 3.05) is 0 Å². The van der Waals surface area contributed by atoms with Crippen molar-refractivity contribution in [2.45, 2.75) is 18.7 Å². The highest BCUT2D eigenvalue weighted by Gasteiger charge is 2.11. The zero-order valence-electron chi connectivity index (χ0n) is 11.7. The maximum absolute atomic E-state index is 12.0. The van der Waals surface area contributed by atoms with Gasteiger partial charge in [-0.05, 0) is 37.6 Å². The first kappa shape index (κ1) is 15.7. The van der Waals surface area contributed by atoms with Crippen LogP contribution in [0, 0.1) is 13.8 Å². The lowest BCUT2D eigenvalue weighted by molar-refractivity contribution is 0.584. The van der Waals surface area contributed by atoms with Crippen LogP contribution in [0.15, 0.2) is 56.9 Å². The van der Waals surface area contributed by atoms with E-state index >= 15 is 0 Å². The Bertz CT molecular complexity index is 769. The molecule has 2 aromatic carbocycles. The number of hydrogen-bond donors (Lipinski definition) is 1. The van der Waals surface area contributed by atoms with Crippen molar-refractivity contribution in [1.82, 2.24) is 4.83 Å². The first-order valence-electron chi connectivity index (χ1n) is 6.26. The summed E-state index contributed by atoms with van der Waals surface area (Å²) in [5, 5.41) is 3.81. The molecule has 0 spiro atoms. The van der Waals surface area contributed by atoms with E-state index < -0.39 is 10.0 Å². The summed E-state index contributed by atoms with van der Waals surface area (Å²) in [7, 11) is -3.63. The molecule has 2 rings (SSSR count). The molecule has 0 saturated carbocycles. The van der Waals surface area contributed by atoms with Crippen molar-refractivity contribution >= 4 is 32.2 Å². The summed E-state index contributed by atoms with van der Waals surface area (Å²) in [4.78, 5) is 2.39. The SMILES string of the molecule is Cc1ccc(S(=O)(=O)N/N=C\c2ccc(C)cc2Br)cc1. The molecule has 0 radical (unpaired) electrons. The fraction of sp³-hybridized carbons (Fsp3) is 0.133. The second kappa shape index (κ2) is 6.41. The number of hydrazone groups is 1. The molecule has 0 fully saturated rings. The summed E-state index contributed by atoms with van der Waals surface area (Å²) in [5.41, 5.74) is 2.91. The molecule has 2 aromatic rings. The Hall–Kier alpha value is -1.66. The van der Waals surface area contributed by atoms with Gasteiger partial charge in [-0.3, -0.25) is 0 Å². The van der Waals surface area contributed by atoms with Gasteiger partial charge in [-0.25, -0.2) is 4.83 Å². The highest BCUT2D eigenvalue weighted by atomic mass is 79.9. The first-order valence-corrected chi connectivity index (χ1v) is 8.54.